The predicted octanol–water partition coefficient (Wildman–Crippen LogP) is 2.25. The fraction of sp³-hybridized carbons (Fsp3) is 0.588. The number of likely N-dealkylation sites (N-methyl/N-ethyl adjacent to an activating group) is 1. The molecule has 1 aromatic carbocycles. The lowest BCUT2D eigenvalue weighted by Crippen LogP contribution is -2.42. The van der Waals surface area contributed by atoms with Crippen LogP contribution in [0.2, 0.25) is 0 Å². The van der Waals surface area contributed by atoms with Gasteiger partial charge in [0.2, 0.25) is 5.91 Å². The maximum Gasteiger partial charge on any atom is 0.416 e. The van der Waals surface area contributed by atoms with Crippen LogP contribution >= 0.6 is 0 Å². The summed E-state index contributed by atoms with van der Waals surface area (Å²) in [4.78, 5) is 13.7. The molecule has 1 unspecified atom stereocenters. The Morgan fingerprint density at radius 2 is 2.17 bits per heavy atom. The van der Waals surface area contributed by atoms with E-state index in [1.54, 1.807) is 13.1 Å². The smallest absolute Gasteiger partial charge is 0.358 e. The van der Waals surface area contributed by atoms with Gasteiger partial charge in [-0.3, -0.25) is 9.69 Å². The highest BCUT2D eigenvalue weighted by Gasteiger charge is 2.32. The number of carbonyl (C=O) groups excluding carboxylic acids is 1. The van der Waals surface area contributed by atoms with Crippen LogP contribution in [0.5, 0.6) is 0 Å². The molecule has 1 aromatic rings. The summed E-state index contributed by atoms with van der Waals surface area (Å²) in [6.07, 6.45) is -3.37. The summed E-state index contributed by atoms with van der Waals surface area (Å²) in [5.41, 5.74) is -0.0766. The van der Waals surface area contributed by atoms with Crippen molar-refractivity contribution in [1.29, 1.82) is 0 Å². The van der Waals surface area contributed by atoms with Gasteiger partial charge in [0.15, 0.2) is 0 Å². The lowest BCUT2D eigenvalue weighted by atomic mass is 9.89. The van der Waals surface area contributed by atoms with Gasteiger partial charge in [-0.25, -0.2) is 0 Å². The molecule has 24 heavy (non-hydrogen) atoms. The summed E-state index contributed by atoms with van der Waals surface area (Å²) in [6.45, 7) is 5.04. The van der Waals surface area contributed by atoms with E-state index in [0.717, 1.165) is 31.6 Å². The zero-order valence-electron chi connectivity index (χ0n) is 14.0. The Morgan fingerprint density at radius 1 is 1.42 bits per heavy atom. The first-order valence-electron chi connectivity index (χ1n) is 8.02. The minimum atomic E-state index is -4.36. The standard InChI is InChI=1S/C17H24F3N3O/c1-16(6-7-22-11-16)12-23(10-15(24)21-2)9-13-4-3-5-14(8-13)17(18,19)20/h3-5,8,22H,6-7,9-12H2,1-2H3,(H,21,24). The Kier molecular flexibility index (Phi) is 5.87. The number of halogens is 3. The van der Waals surface area contributed by atoms with E-state index in [9.17, 15) is 18.0 Å². The van der Waals surface area contributed by atoms with Gasteiger partial charge < -0.3 is 10.6 Å². The molecular weight excluding hydrogens is 319 g/mol. The van der Waals surface area contributed by atoms with Gasteiger partial charge in [0.1, 0.15) is 0 Å². The Morgan fingerprint density at radius 3 is 2.75 bits per heavy atom. The molecule has 0 aromatic heterocycles. The third kappa shape index (κ3) is 5.21. The van der Waals surface area contributed by atoms with Crippen LogP contribution in [0.4, 0.5) is 13.2 Å². The molecule has 1 heterocycles. The van der Waals surface area contributed by atoms with Crippen molar-refractivity contribution in [3.8, 4) is 0 Å². The van der Waals surface area contributed by atoms with Crippen molar-refractivity contribution in [3.63, 3.8) is 0 Å². The molecule has 0 saturated carbocycles. The SMILES string of the molecule is CNC(=O)CN(Cc1cccc(C(F)(F)F)c1)CC1(C)CCNC1. The molecule has 0 spiro atoms. The summed E-state index contributed by atoms with van der Waals surface area (Å²) in [5.74, 6) is -0.142. The first-order chi connectivity index (χ1) is 11.2. The number of hydrogen-bond donors (Lipinski definition) is 2. The van der Waals surface area contributed by atoms with E-state index in [1.807, 2.05) is 4.90 Å². The molecule has 4 nitrogen and oxygen atoms in total. The summed E-state index contributed by atoms with van der Waals surface area (Å²) >= 11 is 0. The number of rotatable bonds is 6. The van der Waals surface area contributed by atoms with Crippen molar-refractivity contribution in [2.75, 3.05) is 33.2 Å². The average Bonchev–Trinajstić information content (AvgIpc) is 2.92. The van der Waals surface area contributed by atoms with Crippen LogP contribution in [0.25, 0.3) is 0 Å². The van der Waals surface area contributed by atoms with E-state index >= 15 is 0 Å². The van der Waals surface area contributed by atoms with Crippen LogP contribution in [0.3, 0.4) is 0 Å². The van der Waals surface area contributed by atoms with Gasteiger partial charge in [-0.15, -0.1) is 0 Å². The summed E-state index contributed by atoms with van der Waals surface area (Å²) < 4.78 is 38.6. The van der Waals surface area contributed by atoms with Crippen LogP contribution in [-0.4, -0.2) is 44.0 Å². The first-order valence-corrected chi connectivity index (χ1v) is 8.02. The van der Waals surface area contributed by atoms with E-state index in [1.165, 1.54) is 6.07 Å². The molecule has 2 rings (SSSR count). The third-order valence-electron chi connectivity index (χ3n) is 4.37. The second-order valence-corrected chi connectivity index (χ2v) is 6.75. The summed E-state index contributed by atoms with van der Waals surface area (Å²) in [5, 5.41) is 5.88. The van der Waals surface area contributed by atoms with E-state index in [4.69, 9.17) is 0 Å². The highest BCUT2D eigenvalue weighted by molar-refractivity contribution is 5.77. The second-order valence-electron chi connectivity index (χ2n) is 6.75. The number of alkyl halides is 3. The molecule has 0 radical (unpaired) electrons. The fourth-order valence-corrected chi connectivity index (χ4v) is 3.10. The van der Waals surface area contributed by atoms with Gasteiger partial charge in [0.25, 0.3) is 0 Å². The van der Waals surface area contributed by atoms with Crippen LogP contribution in [0.1, 0.15) is 24.5 Å². The van der Waals surface area contributed by atoms with Crippen LogP contribution in [0, 0.1) is 5.41 Å². The fourth-order valence-electron chi connectivity index (χ4n) is 3.10. The van der Waals surface area contributed by atoms with Crippen molar-refractivity contribution in [3.05, 3.63) is 35.4 Å². The van der Waals surface area contributed by atoms with Crippen molar-refractivity contribution < 1.29 is 18.0 Å². The lowest BCUT2D eigenvalue weighted by Gasteiger charge is -2.31. The van der Waals surface area contributed by atoms with Crippen LogP contribution in [0.15, 0.2) is 24.3 Å². The van der Waals surface area contributed by atoms with Gasteiger partial charge in [-0.1, -0.05) is 25.1 Å². The zero-order chi connectivity index (χ0) is 17.8. The highest BCUT2D eigenvalue weighted by Crippen LogP contribution is 2.30. The molecule has 1 atom stereocenters. The number of benzene rings is 1. The zero-order valence-corrected chi connectivity index (χ0v) is 14.0. The van der Waals surface area contributed by atoms with E-state index < -0.39 is 11.7 Å². The van der Waals surface area contributed by atoms with Crippen LogP contribution < -0.4 is 10.6 Å². The maximum absolute atomic E-state index is 12.9. The summed E-state index contributed by atoms with van der Waals surface area (Å²) in [7, 11) is 1.56. The maximum atomic E-state index is 12.9. The van der Waals surface area contributed by atoms with Gasteiger partial charge >= 0.3 is 6.18 Å². The van der Waals surface area contributed by atoms with Crippen LogP contribution in [-0.2, 0) is 17.5 Å². The Labute approximate surface area is 140 Å². The Hall–Kier alpha value is -1.60. The van der Waals surface area contributed by atoms with Gasteiger partial charge in [0.05, 0.1) is 12.1 Å². The van der Waals surface area contributed by atoms with Crippen molar-refractivity contribution in [1.82, 2.24) is 15.5 Å². The number of nitrogens with one attached hydrogen (secondary N) is 2. The minimum Gasteiger partial charge on any atom is -0.358 e. The third-order valence-corrected chi connectivity index (χ3v) is 4.37. The minimum absolute atomic E-state index is 0.0235. The number of amides is 1. The molecule has 0 aliphatic carbocycles. The molecule has 0 bridgehead atoms. The average molecular weight is 343 g/mol. The van der Waals surface area contributed by atoms with Crippen molar-refractivity contribution >= 4 is 5.91 Å². The number of carbonyl (C=O) groups is 1. The molecular formula is C17H24F3N3O. The molecule has 2 N–H and O–H groups in total. The molecule has 1 aliphatic rings. The molecule has 1 fully saturated rings. The predicted molar refractivity (Wildman–Crippen MR) is 86.4 cm³/mol. The monoisotopic (exact) mass is 343 g/mol. The van der Waals surface area contributed by atoms with Gasteiger partial charge in [0, 0.05) is 26.7 Å². The van der Waals surface area contributed by atoms with E-state index in [2.05, 4.69) is 17.6 Å². The molecule has 1 amide bonds. The largest absolute Gasteiger partial charge is 0.416 e. The molecule has 1 aliphatic heterocycles. The molecule has 7 heteroatoms. The number of hydrogen-bond acceptors (Lipinski definition) is 3. The topological polar surface area (TPSA) is 44.4 Å². The normalized spacial score (nSPS) is 21.2. The quantitative estimate of drug-likeness (QED) is 0.833. The van der Waals surface area contributed by atoms with E-state index in [0.29, 0.717) is 18.7 Å². The Balaban J connectivity index is 2.13. The first kappa shape index (κ1) is 18.7. The van der Waals surface area contributed by atoms with Crippen molar-refractivity contribution in [2.45, 2.75) is 26.1 Å². The lowest BCUT2D eigenvalue weighted by molar-refractivity contribution is -0.137. The second kappa shape index (κ2) is 7.53. The summed E-state index contributed by atoms with van der Waals surface area (Å²) in [6, 6.07) is 5.30. The van der Waals surface area contributed by atoms with Gasteiger partial charge in [-0.05, 0) is 30.0 Å². The van der Waals surface area contributed by atoms with Gasteiger partial charge in [-0.2, -0.15) is 13.2 Å². The Bertz CT molecular complexity index is 568. The van der Waals surface area contributed by atoms with Crippen molar-refractivity contribution in [2.24, 2.45) is 5.41 Å². The number of nitrogens with zero attached hydrogens (tertiary/aromatic N) is 1. The molecule has 1 saturated heterocycles. The molecule has 134 valence electrons. The highest BCUT2D eigenvalue weighted by atomic mass is 19.4. The van der Waals surface area contributed by atoms with E-state index in [-0.39, 0.29) is 17.9 Å².